The van der Waals surface area contributed by atoms with Crippen molar-refractivity contribution in [1.82, 2.24) is 0 Å². The molecular formula is C13H17ClFNO. The molecule has 0 amide bonds. The van der Waals surface area contributed by atoms with Crippen molar-refractivity contribution in [2.24, 2.45) is 5.73 Å². The first-order chi connectivity index (χ1) is 7.82. The lowest BCUT2D eigenvalue weighted by Crippen LogP contribution is -2.53. The first-order valence-corrected chi connectivity index (χ1v) is 6.02. The van der Waals surface area contributed by atoms with Crippen molar-refractivity contribution in [2.75, 3.05) is 13.2 Å². The Balaban J connectivity index is 2.38. The van der Waals surface area contributed by atoms with E-state index in [9.17, 15) is 4.39 Å². The summed E-state index contributed by atoms with van der Waals surface area (Å²) < 4.78 is 19.2. The molecule has 0 bridgehead atoms. The molecule has 2 nitrogen and oxygen atoms in total. The van der Waals surface area contributed by atoms with Gasteiger partial charge in [0.1, 0.15) is 5.82 Å². The highest BCUT2D eigenvalue weighted by atomic mass is 35.5. The quantitative estimate of drug-likeness (QED) is 0.904. The Morgan fingerprint density at radius 3 is 2.59 bits per heavy atom. The van der Waals surface area contributed by atoms with Crippen LogP contribution in [-0.2, 0) is 10.2 Å². The standard InChI is InChI=1S/C13H17ClFNO/c1-12(2,16)6-13(7-17-8-13)10-5-9(14)3-4-11(10)15/h3-5H,6-8,16H2,1-2H3. The number of ether oxygens (including phenoxy) is 1. The molecule has 1 heterocycles. The van der Waals surface area contributed by atoms with E-state index in [1.807, 2.05) is 13.8 Å². The van der Waals surface area contributed by atoms with Crippen molar-refractivity contribution in [3.8, 4) is 0 Å². The molecule has 1 aromatic carbocycles. The first kappa shape index (κ1) is 12.8. The SMILES string of the molecule is CC(C)(N)CC1(c2cc(Cl)ccc2F)COC1. The molecule has 0 aromatic heterocycles. The summed E-state index contributed by atoms with van der Waals surface area (Å²) in [5, 5.41) is 0.544. The Morgan fingerprint density at radius 2 is 2.12 bits per heavy atom. The Hall–Kier alpha value is -0.640. The average molecular weight is 258 g/mol. The number of hydrogen-bond acceptors (Lipinski definition) is 2. The van der Waals surface area contributed by atoms with Gasteiger partial charge < -0.3 is 10.5 Å². The third-order valence-corrected chi connectivity index (χ3v) is 3.29. The van der Waals surface area contributed by atoms with Crippen LogP contribution < -0.4 is 5.73 Å². The van der Waals surface area contributed by atoms with Gasteiger partial charge in [-0.05, 0) is 38.5 Å². The second kappa shape index (κ2) is 4.23. The van der Waals surface area contributed by atoms with Crippen LogP contribution in [0.2, 0.25) is 5.02 Å². The van der Waals surface area contributed by atoms with Crippen molar-refractivity contribution in [1.29, 1.82) is 0 Å². The van der Waals surface area contributed by atoms with Crippen molar-refractivity contribution in [2.45, 2.75) is 31.2 Å². The van der Waals surface area contributed by atoms with Crippen LogP contribution in [0.25, 0.3) is 0 Å². The fourth-order valence-electron chi connectivity index (χ4n) is 2.48. The minimum atomic E-state index is -0.363. The smallest absolute Gasteiger partial charge is 0.127 e. The molecule has 0 saturated carbocycles. The van der Waals surface area contributed by atoms with Crippen LogP contribution in [0.5, 0.6) is 0 Å². The molecule has 2 rings (SSSR count). The van der Waals surface area contributed by atoms with E-state index in [0.29, 0.717) is 30.2 Å². The lowest BCUT2D eigenvalue weighted by Gasteiger charge is -2.45. The van der Waals surface area contributed by atoms with Gasteiger partial charge in [0.05, 0.1) is 13.2 Å². The molecule has 0 aliphatic carbocycles. The number of hydrogen-bond donors (Lipinski definition) is 1. The number of benzene rings is 1. The molecule has 1 aromatic rings. The Labute approximate surface area is 106 Å². The summed E-state index contributed by atoms with van der Waals surface area (Å²) in [7, 11) is 0. The van der Waals surface area contributed by atoms with Crippen LogP contribution in [0.1, 0.15) is 25.8 Å². The van der Waals surface area contributed by atoms with Gasteiger partial charge in [-0.1, -0.05) is 11.6 Å². The Kier molecular flexibility index (Phi) is 3.19. The van der Waals surface area contributed by atoms with Crippen molar-refractivity contribution >= 4 is 11.6 Å². The molecule has 1 fully saturated rings. The molecule has 0 spiro atoms. The van der Waals surface area contributed by atoms with Gasteiger partial charge in [-0.15, -0.1) is 0 Å². The molecule has 94 valence electrons. The van der Waals surface area contributed by atoms with Crippen molar-refractivity contribution < 1.29 is 9.13 Å². The van der Waals surface area contributed by atoms with Gasteiger partial charge in [-0.25, -0.2) is 4.39 Å². The van der Waals surface area contributed by atoms with E-state index in [1.54, 1.807) is 12.1 Å². The largest absolute Gasteiger partial charge is 0.379 e. The van der Waals surface area contributed by atoms with Gasteiger partial charge in [-0.3, -0.25) is 0 Å². The highest BCUT2D eigenvalue weighted by Gasteiger charge is 2.45. The topological polar surface area (TPSA) is 35.2 Å². The van der Waals surface area contributed by atoms with Gasteiger partial charge in [-0.2, -0.15) is 0 Å². The third-order valence-electron chi connectivity index (χ3n) is 3.05. The molecule has 4 heteroatoms. The predicted molar refractivity (Wildman–Crippen MR) is 66.8 cm³/mol. The van der Waals surface area contributed by atoms with E-state index in [0.717, 1.165) is 0 Å². The summed E-state index contributed by atoms with van der Waals surface area (Å²) in [4.78, 5) is 0. The molecule has 17 heavy (non-hydrogen) atoms. The van der Waals surface area contributed by atoms with Crippen LogP contribution in [0.4, 0.5) is 4.39 Å². The van der Waals surface area contributed by atoms with Gasteiger partial charge in [0.15, 0.2) is 0 Å². The van der Waals surface area contributed by atoms with Crippen LogP contribution >= 0.6 is 11.6 Å². The highest BCUT2D eigenvalue weighted by molar-refractivity contribution is 6.30. The normalized spacial score (nSPS) is 18.9. The lowest BCUT2D eigenvalue weighted by molar-refractivity contribution is -0.0734. The maximum atomic E-state index is 13.9. The van der Waals surface area contributed by atoms with Crippen LogP contribution in [0.3, 0.4) is 0 Å². The van der Waals surface area contributed by atoms with Gasteiger partial charge in [0.2, 0.25) is 0 Å². The van der Waals surface area contributed by atoms with E-state index in [4.69, 9.17) is 22.1 Å². The van der Waals surface area contributed by atoms with Crippen LogP contribution in [-0.4, -0.2) is 18.8 Å². The van der Waals surface area contributed by atoms with Crippen LogP contribution in [0, 0.1) is 5.82 Å². The summed E-state index contributed by atoms with van der Waals surface area (Å²) >= 11 is 5.94. The molecule has 0 unspecified atom stereocenters. The van der Waals surface area contributed by atoms with Gasteiger partial charge in [0.25, 0.3) is 0 Å². The van der Waals surface area contributed by atoms with Gasteiger partial charge >= 0.3 is 0 Å². The zero-order chi connectivity index (χ0) is 12.7. The second-order valence-corrected chi connectivity index (χ2v) is 6.00. The molecule has 0 radical (unpaired) electrons. The van der Waals surface area contributed by atoms with Crippen LogP contribution in [0.15, 0.2) is 18.2 Å². The minimum Gasteiger partial charge on any atom is -0.379 e. The summed E-state index contributed by atoms with van der Waals surface area (Å²) in [5.74, 6) is -0.234. The molecular weight excluding hydrogens is 241 g/mol. The Bertz CT molecular complexity index is 424. The fraction of sp³-hybridized carbons (Fsp3) is 0.538. The fourth-order valence-corrected chi connectivity index (χ4v) is 2.65. The molecule has 2 N–H and O–H groups in total. The highest BCUT2D eigenvalue weighted by Crippen LogP contribution is 2.40. The van der Waals surface area contributed by atoms with Crippen molar-refractivity contribution in [3.05, 3.63) is 34.6 Å². The lowest BCUT2D eigenvalue weighted by atomic mass is 9.70. The van der Waals surface area contributed by atoms with E-state index in [2.05, 4.69) is 0 Å². The molecule has 0 atom stereocenters. The maximum absolute atomic E-state index is 13.9. The van der Waals surface area contributed by atoms with E-state index >= 15 is 0 Å². The average Bonchev–Trinajstić information content (AvgIpc) is 2.14. The number of halogens is 2. The minimum absolute atomic E-state index is 0.234. The Morgan fingerprint density at radius 1 is 1.47 bits per heavy atom. The second-order valence-electron chi connectivity index (χ2n) is 5.56. The zero-order valence-electron chi connectivity index (χ0n) is 10.1. The monoisotopic (exact) mass is 257 g/mol. The third kappa shape index (κ3) is 2.62. The molecule has 1 aliphatic rings. The molecule has 1 aliphatic heterocycles. The summed E-state index contributed by atoms with van der Waals surface area (Å²) in [6.07, 6.45) is 0.678. The van der Waals surface area contributed by atoms with Gasteiger partial charge in [0, 0.05) is 21.5 Å². The van der Waals surface area contributed by atoms with E-state index < -0.39 is 0 Å². The summed E-state index contributed by atoms with van der Waals surface area (Å²) in [6, 6.07) is 4.65. The first-order valence-electron chi connectivity index (χ1n) is 5.65. The molecule has 1 saturated heterocycles. The number of rotatable bonds is 3. The zero-order valence-corrected chi connectivity index (χ0v) is 10.9. The van der Waals surface area contributed by atoms with Crippen molar-refractivity contribution in [3.63, 3.8) is 0 Å². The number of nitrogens with two attached hydrogens (primary N) is 1. The summed E-state index contributed by atoms with van der Waals surface area (Å²) in [5.41, 5.74) is 5.98. The maximum Gasteiger partial charge on any atom is 0.127 e. The van der Waals surface area contributed by atoms with E-state index in [-0.39, 0.29) is 16.8 Å². The van der Waals surface area contributed by atoms with E-state index in [1.165, 1.54) is 6.07 Å². The predicted octanol–water partition coefficient (Wildman–Crippen LogP) is 2.87. The summed E-state index contributed by atoms with van der Waals surface area (Å²) in [6.45, 7) is 4.89.